The molecule has 0 amide bonds. The number of aromatic nitrogens is 3. The molecule has 84 valence electrons. The predicted molar refractivity (Wildman–Crippen MR) is 58.3 cm³/mol. The summed E-state index contributed by atoms with van der Waals surface area (Å²) in [7, 11) is 1.85. The fourth-order valence-corrected chi connectivity index (χ4v) is 1.52. The topological polar surface area (TPSA) is 42.7 Å². The van der Waals surface area contributed by atoms with Gasteiger partial charge in [0.25, 0.3) is 0 Å². The lowest BCUT2D eigenvalue weighted by atomic mass is 10.2. The van der Waals surface area contributed by atoms with Crippen molar-refractivity contribution in [3.63, 3.8) is 0 Å². The van der Waals surface area contributed by atoms with E-state index in [4.69, 9.17) is 0 Å². The van der Waals surface area contributed by atoms with Crippen molar-refractivity contribution in [3.8, 4) is 0 Å². The highest BCUT2D eigenvalue weighted by Crippen LogP contribution is 2.06. The smallest absolute Gasteiger partial charge is 0.141 e. The van der Waals surface area contributed by atoms with Crippen LogP contribution in [0.2, 0.25) is 0 Å². The van der Waals surface area contributed by atoms with Gasteiger partial charge in [0, 0.05) is 0 Å². The highest BCUT2D eigenvalue weighted by Gasteiger charge is 2.04. The molecule has 2 aromatic rings. The summed E-state index contributed by atoms with van der Waals surface area (Å²) in [6.07, 6.45) is 1.51. The quantitative estimate of drug-likeness (QED) is 0.841. The molecule has 5 heteroatoms. The van der Waals surface area contributed by atoms with Crippen LogP contribution < -0.4 is 5.32 Å². The minimum atomic E-state index is -0.229. The van der Waals surface area contributed by atoms with Gasteiger partial charge >= 0.3 is 0 Å². The van der Waals surface area contributed by atoms with Crippen LogP contribution in [0, 0.1) is 5.82 Å². The molecule has 0 radical (unpaired) electrons. The Morgan fingerprint density at radius 2 is 2.31 bits per heavy atom. The largest absolute Gasteiger partial charge is 0.313 e. The fourth-order valence-electron chi connectivity index (χ4n) is 1.52. The maximum absolute atomic E-state index is 13.0. The Balaban J connectivity index is 2.17. The number of benzene rings is 1. The number of hydrogen-bond donors (Lipinski definition) is 1. The summed E-state index contributed by atoms with van der Waals surface area (Å²) in [6, 6.07) is 6.50. The van der Waals surface area contributed by atoms with Crippen molar-refractivity contribution in [1.29, 1.82) is 0 Å². The molecule has 0 aliphatic carbocycles. The first kappa shape index (κ1) is 10.8. The Bertz CT molecular complexity index is 467. The van der Waals surface area contributed by atoms with Crippen molar-refractivity contribution in [2.45, 2.75) is 13.1 Å². The monoisotopic (exact) mass is 220 g/mol. The first-order valence-corrected chi connectivity index (χ1v) is 5.05. The summed E-state index contributed by atoms with van der Waals surface area (Å²) in [6.45, 7) is 1.18. The first-order chi connectivity index (χ1) is 7.79. The van der Waals surface area contributed by atoms with E-state index in [2.05, 4.69) is 15.4 Å². The Morgan fingerprint density at radius 3 is 3.06 bits per heavy atom. The number of halogens is 1. The average Bonchev–Trinajstić information content (AvgIpc) is 2.66. The summed E-state index contributed by atoms with van der Waals surface area (Å²) in [5, 5.41) is 7.11. The lowest BCUT2D eigenvalue weighted by molar-refractivity contribution is 0.600. The second-order valence-electron chi connectivity index (χ2n) is 3.49. The maximum atomic E-state index is 13.0. The van der Waals surface area contributed by atoms with Crippen molar-refractivity contribution in [3.05, 3.63) is 47.8 Å². The van der Waals surface area contributed by atoms with Crippen molar-refractivity contribution in [1.82, 2.24) is 20.1 Å². The van der Waals surface area contributed by atoms with Crippen LogP contribution in [-0.2, 0) is 13.1 Å². The lowest BCUT2D eigenvalue weighted by Crippen LogP contribution is -2.14. The molecule has 2 rings (SSSR count). The Hall–Kier alpha value is -1.75. The van der Waals surface area contributed by atoms with Crippen molar-refractivity contribution in [2.24, 2.45) is 0 Å². The third kappa shape index (κ3) is 2.43. The van der Waals surface area contributed by atoms with Gasteiger partial charge in [-0.15, -0.1) is 0 Å². The zero-order valence-corrected chi connectivity index (χ0v) is 9.02. The Labute approximate surface area is 93.1 Å². The van der Waals surface area contributed by atoms with Crippen LogP contribution in [0.3, 0.4) is 0 Å². The predicted octanol–water partition coefficient (Wildman–Crippen LogP) is 1.18. The Morgan fingerprint density at radius 1 is 1.44 bits per heavy atom. The first-order valence-electron chi connectivity index (χ1n) is 5.05. The third-order valence-electron chi connectivity index (χ3n) is 2.25. The molecule has 0 unspecified atom stereocenters. The van der Waals surface area contributed by atoms with E-state index in [1.807, 2.05) is 13.1 Å². The van der Waals surface area contributed by atoms with Crippen LogP contribution in [-0.4, -0.2) is 21.8 Å². The summed E-state index contributed by atoms with van der Waals surface area (Å²) in [4.78, 5) is 4.12. The molecule has 16 heavy (non-hydrogen) atoms. The average molecular weight is 220 g/mol. The molecular formula is C11H13FN4. The third-order valence-corrected chi connectivity index (χ3v) is 2.25. The molecule has 1 aromatic carbocycles. The van der Waals surface area contributed by atoms with Gasteiger partial charge < -0.3 is 5.32 Å². The van der Waals surface area contributed by atoms with Crippen LogP contribution in [0.5, 0.6) is 0 Å². The van der Waals surface area contributed by atoms with Gasteiger partial charge in [-0.3, -0.25) is 0 Å². The van der Waals surface area contributed by atoms with Crippen molar-refractivity contribution in [2.75, 3.05) is 7.05 Å². The highest BCUT2D eigenvalue weighted by molar-refractivity contribution is 5.16. The van der Waals surface area contributed by atoms with E-state index in [9.17, 15) is 4.39 Å². The van der Waals surface area contributed by atoms with Crippen LogP contribution >= 0.6 is 0 Å². The van der Waals surface area contributed by atoms with Crippen LogP contribution in [0.15, 0.2) is 30.6 Å². The minimum Gasteiger partial charge on any atom is -0.313 e. The molecule has 1 aromatic heterocycles. The van der Waals surface area contributed by atoms with Gasteiger partial charge in [-0.1, -0.05) is 12.1 Å². The lowest BCUT2D eigenvalue weighted by Gasteiger charge is -2.05. The van der Waals surface area contributed by atoms with Gasteiger partial charge in [0.1, 0.15) is 18.0 Å². The van der Waals surface area contributed by atoms with E-state index in [0.717, 1.165) is 11.4 Å². The maximum Gasteiger partial charge on any atom is 0.141 e. The molecule has 0 spiro atoms. The molecule has 0 saturated carbocycles. The van der Waals surface area contributed by atoms with Crippen LogP contribution in [0.1, 0.15) is 11.4 Å². The SMILES string of the molecule is CNCc1ncnn1Cc1cccc(F)c1. The van der Waals surface area contributed by atoms with E-state index >= 15 is 0 Å². The van der Waals surface area contributed by atoms with E-state index in [-0.39, 0.29) is 5.82 Å². The van der Waals surface area contributed by atoms with Gasteiger partial charge in [0.2, 0.25) is 0 Å². The second-order valence-corrected chi connectivity index (χ2v) is 3.49. The molecule has 0 fully saturated rings. The summed E-state index contributed by atoms with van der Waals surface area (Å²) >= 11 is 0. The Kier molecular flexibility index (Phi) is 3.26. The normalized spacial score (nSPS) is 10.6. The van der Waals surface area contributed by atoms with Gasteiger partial charge in [0.15, 0.2) is 0 Å². The molecule has 0 bridgehead atoms. The van der Waals surface area contributed by atoms with Crippen molar-refractivity contribution < 1.29 is 4.39 Å². The molecule has 0 aliphatic rings. The van der Waals surface area contributed by atoms with Gasteiger partial charge in [-0.25, -0.2) is 14.1 Å². The molecular weight excluding hydrogens is 207 g/mol. The number of rotatable bonds is 4. The zero-order valence-electron chi connectivity index (χ0n) is 9.02. The summed E-state index contributed by atoms with van der Waals surface area (Å²) in [5.41, 5.74) is 0.878. The minimum absolute atomic E-state index is 0.229. The van der Waals surface area contributed by atoms with Gasteiger partial charge in [-0.2, -0.15) is 5.10 Å². The van der Waals surface area contributed by atoms with Gasteiger partial charge in [0.05, 0.1) is 13.1 Å². The highest BCUT2D eigenvalue weighted by atomic mass is 19.1. The van der Waals surface area contributed by atoms with E-state index in [1.165, 1.54) is 18.5 Å². The fraction of sp³-hybridized carbons (Fsp3) is 0.273. The zero-order chi connectivity index (χ0) is 11.4. The van der Waals surface area contributed by atoms with E-state index < -0.39 is 0 Å². The summed E-state index contributed by atoms with van der Waals surface area (Å²) < 4.78 is 14.7. The molecule has 4 nitrogen and oxygen atoms in total. The number of nitrogens with zero attached hydrogens (tertiary/aromatic N) is 3. The van der Waals surface area contributed by atoms with Crippen LogP contribution in [0.4, 0.5) is 4.39 Å². The summed E-state index contributed by atoms with van der Waals surface area (Å²) in [5.74, 6) is 0.611. The molecule has 1 N–H and O–H groups in total. The number of nitrogens with one attached hydrogen (secondary N) is 1. The molecule has 0 atom stereocenters. The van der Waals surface area contributed by atoms with Crippen LogP contribution in [0.25, 0.3) is 0 Å². The molecule has 1 heterocycles. The van der Waals surface area contributed by atoms with E-state index in [1.54, 1.807) is 10.7 Å². The van der Waals surface area contributed by atoms with Gasteiger partial charge in [-0.05, 0) is 24.7 Å². The standard InChI is InChI=1S/C11H13FN4/c1-13-6-11-14-8-15-16(11)7-9-3-2-4-10(12)5-9/h2-5,8,13H,6-7H2,1H3. The van der Waals surface area contributed by atoms with E-state index in [0.29, 0.717) is 13.1 Å². The molecule has 0 aliphatic heterocycles. The number of hydrogen-bond acceptors (Lipinski definition) is 3. The molecule has 0 saturated heterocycles. The second kappa shape index (κ2) is 4.85. The van der Waals surface area contributed by atoms with Crippen molar-refractivity contribution >= 4 is 0 Å².